The molecule has 0 fully saturated rings. The minimum Gasteiger partial charge on any atom is -0.328 e. The number of hydrogen-bond donors (Lipinski definition) is 1. The molecule has 8 heteroatoms. The van der Waals surface area contributed by atoms with Gasteiger partial charge in [-0.3, -0.25) is 9.78 Å². The normalized spacial score (nSPS) is 18.2. The van der Waals surface area contributed by atoms with E-state index in [0.29, 0.717) is 23.3 Å². The first-order valence-electron chi connectivity index (χ1n) is 9.46. The fourth-order valence-electron chi connectivity index (χ4n) is 3.81. The van der Waals surface area contributed by atoms with Crippen molar-refractivity contribution in [2.45, 2.75) is 36.2 Å². The summed E-state index contributed by atoms with van der Waals surface area (Å²) in [5.41, 5.74) is 3.78. The average Bonchev–Trinajstić information content (AvgIpc) is 3.15. The van der Waals surface area contributed by atoms with Gasteiger partial charge in [-0.25, -0.2) is 4.68 Å². The summed E-state index contributed by atoms with van der Waals surface area (Å²) in [6.07, 6.45) is 5.76. The van der Waals surface area contributed by atoms with Gasteiger partial charge in [0, 0.05) is 40.9 Å². The molecule has 1 aromatic carbocycles. The number of halogens is 1. The highest BCUT2D eigenvalue weighted by atomic mass is 35.5. The highest BCUT2D eigenvalue weighted by Crippen LogP contribution is 2.40. The second kappa shape index (κ2) is 7.65. The molecule has 2 aromatic heterocycles. The van der Waals surface area contributed by atoms with Crippen molar-refractivity contribution in [3.05, 3.63) is 76.2 Å². The first-order chi connectivity index (χ1) is 14.2. The number of aromatic nitrogens is 4. The molecule has 6 nitrogen and oxygen atoms in total. The molecule has 0 saturated heterocycles. The van der Waals surface area contributed by atoms with E-state index in [1.807, 2.05) is 41.1 Å². The maximum atomic E-state index is 12.8. The molecule has 29 heavy (non-hydrogen) atoms. The number of allylic oxidation sites excluding steroid dienone is 2. The van der Waals surface area contributed by atoms with Crippen molar-refractivity contribution >= 4 is 35.1 Å². The molecule has 3 aromatic rings. The van der Waals surface area contributed by atoms with Gasteiger partial charge in [0.05, 0.1) is 0 Å². The number of Topliss-reactive ketones (excluding diaryl/α,β-unsaturated/α-hetero) is 1. The predicted octanol–water partition coefficient (Wildman–Crippen LogP) is 4.64. The van der Waals surface area contributed by atoms with E-state index in [2.05, 4.69) is 15.3 Å². The van der Waals surface area contributed by atoms with Crippen LogP contribution < -0.4 is 5.32 Å². The number of pyridine rings is 1. The lowest BCUT2D eigenvalue weighted by Gasteiger charge is -2.32. The highest BCUT2D eigenvalue weighted by molar-refractivity contribution is 7.98. The van der Waals surface area contributed by atoms with E-state index in [0.717, 1.165) is 40.3 Å². The lowest BCUT2D eigenvalue weighted by atomic mass is 9.86. The third-order valence-corrected chi connectivity index (χ3v) is 6.44. The molecule has 2 aliphatic rings. The Morgan fingerprint density at radius 3 is 2.83 bits per heavy atom. The molecule has 0 bridgehead atoms. The van der Waals surface area contributed by atoms with Crippen LogP contribution in [-0.4, -0.2) is 25.5 Å². The molecule has 0 saturated carbocycles. The molecule has 3 heterocycles. The quantitative estimate of drug-likeness (QED) is 0.616. The third-order valence-electron chi connectivity index (χ3n) is 5.19. The fraction of sp³-hybridized carbons (Fsp3) is 0.238. The average molecular weight is 424 g/mol. The number of anilines is 1. The zero-order chi connectivity index (χ0) is 19.8. The number of hydrogen-bond acceptors (Lipinski definition) is 6. The Hall–Kier alpha value is -2.64. The minimum absolute atomic E-state index is 0.173. The standard InChI is InChI=1S/C21H18ClN5OS/c22-15-5-2-1-4-14(15)12-29-21-25-20-24-16-6-3-7-17(28)18(16)19(27(20)26-21)13-8-10-23-11-9-13/h1-2,4-5,8-11,19H,3,6-7,12H2,(H,24,25,26). The van der Waals surface area contributed by atoms with Gasteiger partial charge in [-0.05, 0) is 42.2 Å². The van der Waals surface area contributed by atoms with Crippen LogP contribution in [0.2, 0.25) is 5.02 Å². The first-order valence-corrected chi connectivity index (χ1v) is 10.8. The van der Waals surface area contributed by atoms with Crippen molar-refractivity contribution in [1.82, 2.24) is 19.7 Å². The SMILES string of the molecule is O=C1CCCC2=C1C(c1ccncc1)n1nc(SCc3ccccc3Cl)nc1N2. The summed E-state index contributed by atoms with van der Waals surface area (Å²) < 4.78 is 1.83. The first kappa shape index (κ1) is 18.4. The molecule has 5 rings (SSSR count). The molecule has 1 N–H and O–H groups in total. The summed E-state index contributed by atoms with van der Waals surface area (Å²) in [5.74, 6) is 1.52. The topological polar surface area (TPSA) is 72.7 Å². The summed E-state index contributed by atoms with van der Waals surface area (Å²) in [6, 6.07) is 11.4. The van der Waals surface area contributed by atoms with Crippen molar-refractivity contribution < 1.29 is 4.79 Å². The lowest BCUT2D eigenvalue weighted by molar-refractivity contribution is -0.116. The number of nitrogens with zero attached hydrogens (tertiary/aromatic N) is 4. The second-order valence-corrected chi connectivity index (χ2v) is 8.37. The van der Waals surface area contributed by atoms with Crippen molar-refractivity contribution in [3.8, 4) is 0 Å². The van der Waals surface area contributed by atoms with Gasteiger partial charge in [0.15, 0.2) is 5.78 Å². The van der Waals surface area contributed by atoms with Crippen LogP contribution in [0, 0.1) is 0 Å². The monoisotopic (exact) mass is 423 g/mol. The smallest absolute Gasteiger partial charge is 0.227 e. The number of carbonyl (C=O) groups excluding carboxylic acids is 1. The predicted molar refractivity (Wildman–Crippen MR) is 113 cm³/mol. The Balaban J connectivity index is 1.50. The minimum atomic E-state index is -0.279. The van der Waals surface area contributed by atoms with Gasteiger partial charge in [-0.15, -0.1) is 5.10 Å². The van der Waals surface area contributed by atoms with Crippen LogP contribution in [0.15, 0.2) is 65.2 Å². The van der Waals surface area contributed by atoms with E-state index < -0.39 is 0 Å². The van der Waals surface area contributed by atoms with Crippen LogP contribution in [0.25, 0.3) is 0 Å². The van der Waals surface area contributed by atoms with Crippen LogP contribution in [-0.2, 0) is 10.5 Å². The number of thioether (sulfide) groups is 1. The van der Waals surface area contributed by atoms with E-state index in [-0.39, 0.29) is 11.8 Å². The number of ketones is 1. The number of rotatable bonds is 4. The van der Waals surface area contributed by atoms with Crippen LogP contribution in [0.1, 0.15) is 36.4 Å². The van der Waals surface area contributed by atoms with Crippen LogP contribution in [0.5, 0.6) is 0 Å². The van der Waals surface area contributed by atoms with Crippen LogP contribution >= 0.6 is 23.4 Å². The highest BCUT2D eigenvalue weighted by Gasteiger charge is 2.36. The summed E-state index contributed by atoms with van der Waals surface area (Å²) in [4.78, 5) is 21.6. The maximum Gasteiger partial charge on any atom is 0.227 e. The Bertz CT molecular complexity index is 1110. The van der Waals surface area contributed by atoms with E-state index in [9.17, 15) is 4.79 Å². The van der Waals surface area contributed by atoms with Gasteiger partial charge in [0.25, 0.3) is 0 Å². The van der Waals surface area contributed by atoms with Gasteiger partial charge < -0.3 is 5.32 Å². The van der Waals surface area contributed by atoms with Gasteiger partial charge in [-0.2, -0.15) is 4.98 Å². The number of nitrogens with one attached hydrogen (secondary N) is 1. The Kier molecular flexibility index (Phi) is 4.85. The van der Waals surface area contributed by atoms with Gasteiger partial charge in [-0.1, -0.05) is 41.6 Å². The zero-order valence-electron chi connectivity index (χ0n) is 15.5. The van der Waals surface area contributed by atoms with Gasteiger partial charge in [0.2, 0.25) is 11.1 Å². The summed E-state index contributed by atoms with van der Waals surface area (Å²) in [5, 5.41) is 9.47. The van der Waals surface area contributed by atoms with Crippen molar-refractivity contribution in [1.29, 1.82) is 0 Å². The number of benzene rings is 1. The molecule has 1 aliphatic carbocycles. The Labute approximate surface area is 177 Å². The molecule has 1 atom stereocenters. The zero-order valence-corrected chi connectivity index (χ0v) is 17.1. The fourth-order valence-corrected chi connectivity index (χ4v) is 4.92. The van der Waals surface area contributed by atoms with Crippen LogP contribution in [0.3, 0.4) is 0 Å². The Morgan fingerprint density at radius 2 is 2.00 bits per heavy atom. The molecular weight excluding hydrogens is 406 g/mol. The second-order valence-electron chi connectivity index (χ2n) is 7.02. The molecule has 1 aliphatic heterocycles. The van der Waals surface area contributed by atoms with Crippen molar-refractivity contribution in [2.24, 2.45) is 0 Å². The molecule has 0 radical (unpaired) electrons. The van der Waals surface area contributed by atoms with Gasteiger partial charge in [0.1, 0.15) is 6.04 Å². The molecule has 146 valence electrons. The van der Waals surface area contributed by atoms with Crippen LogP contribution in [0.4, 0.5) is 5.95 Å². The maximum absolute atomic E-state index is 12.8. The van der Waals surface area contributed by atoms with Crippen molar-refractivity contribution in [3.63, 3.8) is 0 Å². The van der Waals surface area contributed by atoms with E-state index >= 15 is 0 Å². The Morgan fingerprint density at radius 1 is 1.17 bits per heavy atom. The summed E-state index contributed by atoms with van der Waals surface area (Å²) in [7, 11) is 0. The molecule has 1 unspecified atom stereocenters. The third kappa shape index (κ3) is 3.45. The largest absolute Gasteiger partial charge is 0.328 e. The van der Waals surface area contributed by atoms with E-state index in [4.69, 9.17) is 16.7 Å². The summed E-state index contributed by atoms with van der Waals surface area (Å²) >= 11 is 7.80. The number of carbonyl (C=O) groups is 1. The molecule has 0 amide bonds. The summed E-state index contributed by atoms with van der Waals surface area (Å²) in [6.45, 7) is 0. The number of fused-ring (bicyclic) bond motifs is 1. The molecular formula is C21H18ClN5OS. The van der Waals surface area contributed by atoms with E-state index in [1.165, 1.54) is 11.8 Å². The van der Waals surface area contributed by atoms with Crippen molar-refractivity contribution in [2.75, 3.05) is 5.32 Å². The van der Waals surface area contributed by atoms with Gasteiger partial charge >= 0.3 is 0 Å². The van der Waals surface area contributed by atoms with E-state index in [1.54, 1.807) is 12.4 Å². The molecule has 0 spiro atoms. The lowest BCUT2D eigenvalue weighted by Crippen LogP contribution is -2.31.